The molecule has 9 heteroatoms. The highest BCUT2D eigenvalue weighted by Crippen LogP contribution is 2.39. The number of nitrogens with two attached hydrogens (primary N) is 1. The molecule has 0 unspecified atom stereocenters. The van der Waals surface area contributed by atoms with Gasteiger partial charge in [-0.3, -0.25) is 14.6 Å². The summed E-state index contributed by atoms with van der Waals surface area (Å²) in [7, 11) is 0. The average Bonchev–Trinajstić information content (AvgIpc) is 3.49. The average molecular weight is 560 g/mol. The molecule has 2 N–H and O–H groups in total. The zero-order valence-electron chi connectivity index (χ0n) is 21.7. The summed E-state index contributed by atoms with van der Waals surface area (Å²) in [5.74, 6) is 0.0461. The van der Waals surface area contributed by atoms with Gasteiger partial charge >= 0.3 is 0 Å². The Morgan fingerprint density at radius 1 is 1.05 bits per heavy atom. The number of rotatable bonds is 7. The van der Waals surface area contributed by atoms with Gasteiger partial charge in [-0.1, -0.05) is 48.2 Å². The molecule has 3 fully saturated rings. The maximum atomic E-state index is 13.4. The second-order valence-corrected chi connectivity index (χ2v) is 11.8. The van der Waals surface area contributed by atoms with Gasteiger partial charge in [0.1, 0.15) is 5.60 Å². The van der Waals surface area contributed by atoms with E-state index in [1.807, 2.05) is 35.2 Å². The van der Waals surface area contributed by atoms with Crippen LogP contribution in [-0.4, -0.2) is 65.9 Å². The van der Waals surface area contributed by atoms with E-state index in [0.717, 1.165) is 56.6 Å². The van der Waals surface area contributed by atoms with Crippen LogP contribution in [0.5, 0.6) is 0 Å². The van der Waals surface area contributed by atoms with E-state index >= 15 is 0 Å². The minimum Gasteiger partial charge on any atom is -0.369 e. The van der Waals surface area contributed by atoms with Crippen molar-refractivity contribution in [1.29, 1.82) is 0 Å². The molecular weight excluding hydrogens is 523 g/mol. The van der Waals surface area contributed by atoms with Gasteiger partial charge in [0.15, 0.2) is 0 Å². The molecule has 204 valence electrons. The van der Waals surface area contributed by atoms with Crippen LogP contribution in [0.3, 0.4) is 0 Å². The summed E-state index contributed by atoms with van der Waals surface area (Å²) in [4.78, 5) is 34.8. The van der Waals surface area contributed by atoms with E-state index in [-0.39, 0.29) is 17.7 Å². The molecule has 3 heterocycles. The largest absolute Gasteiger partial charge is 0.369 e. The molecule has 2 amide bonds. The smallest absolute Gasteiger partial charge is 0.229 e. The molecule has 1 saturated carbocycles. The second-order valence-electron chi connectivity index (χ2n) is 11.0. The number of amides is 2. The summed E-state index contributed by atoms with van der Waals surface area (Å²) in [6.07, 6.45) is 7.83. The van der Waals surface area contributed by atoms with Gasteiger partial charge in [-0.25, -0.2) is 0 Å². The molecule has 3 aliphatic rings. The van der Waals surface area contributed by atoms with Crippen molar-refractivity contribution >= 4 is 35.0 Å². The van der Waals surface area contributed by atoms with Crippen LogP contribution in [0.4, 0.5) is 0 Å². The topological polar surface area (TPSA) is 88.8 Å². The van der Waals surface area contributed by atoms with Crippen LogP contribution in [0.2, 0.25) is 10.0 Å². The van der Waals surface area contributed by atoms with Crippen LogP contribution in [0.1, 0.15) is 56.2 Å². The number of ether oxygens (including phenoxy) is 1. The summed E-state index contributed by atoms with van der Waals surface area (Å²) in [5, 5.41) is 0.972. The molecular formula is C29H36Cl2N4O3. The van der Waals surface area contributed by atoms with E-state index in [1.54, 1.807) is 12.3 Å². The molecule has 7 nitrogen and oxygen atoms in total. The van der Waals surface area contributed by atoms with Crippen molar-refractivity contribution in [3.8, 4) is 0 Å². The fourth-order valence-electron chi connectivity index (χ4n) is 6.42. The molecule has 1 aliphatic carbocycles. The maximum Gasteiger partial charge on any atom is 0.229 e. The van der Waals surface area contributed by atoms with Crippen LogP contribution >= 0.6 is 23.2 Å². The SMILES string of the molecule is NC(=O)C1(c2ccccn2)CCN(CC[C@@]2(c3ccc(Cl)c(Cl)c3)CN(C(=O)C3CCCC3)CCO2)CC1. The molecule has 2 aromatic rings. The number of hydrogen-bond acceptors (Lipinski definition) is 5. The fraction of sp³-hybridized carbons (Fsp3) is 0.552. The van der Waals surface area contributed by atoms with Crippen molar-refractivity contribution < 1.29 is 14.3 Å². The highest BCUT2D eigenvalue weighted by atomic mass is 35.5. The first-order chi connectivity index (χ1) is 18.3. The quantitative estimate of drug-likeness (QED) is 0.538. The molecule has 0 bridgehead atoms. The Hall–Kier alpha value is -2.19. The molecule has 0 radical (unpaired) electrons. The Labute approximate surface area is 234 Å². The number of pyridine rings is 1. The number of nitrogens with zero attached hydrogens (tertiary/aromatic N) is 3. The Balaban J connectivity index is 1.33. The number of likely N-dealkylation sites (tertiary alicyclic amines) is 1. The van der Waals surface area contributed by atoms with Gasteiger partial charge in [0.05, 0.1) is 34.3 Å². The van der Waals surface area contributed by atoms with Gasteiger partial charge < -0.3 is 20.3 Å². The lowest BCUT2D eigenvalue weighted by Gasteiger charge is -2.46. The molecule has 1 atom stereocenters. The van der Waals surface area contributed by atoms with Crippen molar-refractivity contribution in [3.63, 3.8) is 0 Å². The highest BCUT2D eigenvalue weighted by Gasteiger charge is 2.45. The Kier molecular flexibility index (Phi) is 8.29. The number of morpholine rings is 1. The number of hydrogen-bond donors (Lipinski definition) is 1. The van der Waals surface area contributed by atoms with Gasteiger partial charge in [-0.2, -0.15) is 0 Å². The molecule has 2 saturated heterocycles. The molecule has 2 aliphatic heterocycles. The predicted octanol–water partition coefficient (Wildman–Crippen LogP) is 4.54. The van der Waals surface area contributed by atoms with Gasteiger partial charge in [-0.05, 0) is 75.0 Å². The minimum atomic E-state index is -0.745. The number of benzene rings is 1. The van der Waals surface area contributed by atoms with Crippen molar-refractivity contribution in [2.24, 2.45) is 11.7 Å². The van der Waals surface area contributed by atoms with Crippen LogP contribution in [0, 0.1) is 5.92 Å². The second kappa shape index (κ2) is 11.5. The number of carbonyl (C=O) groups is 2. The van der Waals surface area contributed by atoms with Crippen molar-refractivity contribution in [1.82, 2.24) is 14.8 Å². The number of aromatic nitrogens is 1. The molecule has 5 rings (SSSR count). The van der Waals surface area contributed by atoms with Crippen molar-refractivity contribution in [3.05, 3.63) is 63.9 Å². The highest BCUT2D eigenvalue weighted by molar-refractivity contribution is 6.42. The van der Waals surface area contributed by atoms with Crippen LogP contribution < -0.4 is 5.73 Å². The fourth-order valence-corrected chi connectivity index (χ4v) is 6.72. The Morgan fingerprint density at radius 2 is 1.82 bits per heavy atom. The first-order valence-corrected chi connectivity index (χ1v) is 14.4. The number of halogens is 2. The van der Waals surface area contributed by atoms with Crippen LogP contribution in [0.25, 0.3) is 0 Å². The lowest BCUT2D eigenvalue weighted by atomic mass is 9.74. The van der Waals surface area contributed by atoms with Gasteiger partial charge in [-0.15, -0.1) is 0 Å². The van der Waals surface area contributed by atoms with Crippen LogP contribution in [-0.2, 0) is 25.3 Å². The van der Waals surface area contributed by atoms with Gasteiger partial charge in [0.2, 0.25) is 11.8 Å². The van der Waals surface area contributed by atoms with E-state index in [9.17, 15) is 9.59 Å². The molecule has 38 heavy (non-hydrogen) atoms. The Morgan fingerprint density at radius 3 is 2.47 bits per heavy atom. The van der Waals surface area contributed by atoms with Gasteiger partial charge in [0, 0.05) is 25.2 Å². The first-order valence-electron chi connectivity index (χ1n) is 13.7. The monoisotopic (exact) mass is 558 g/mol. The minimum absolute atomic E-state index is 0.121. The van der Waals surface area contributed by atoms with Crippen molar-refractivity contribution in [2.75, 3.05) is 39.3 Å². The third-order valence-corrected chi connectivity index (χ3v) is 9.55. The number of carbonyl (C=O) groups excluding carboxylic acids is 2. The number of piperidine rings is 1. The standard InChI is InChI=1S/C29H36Cl2N4O3/c30-23-9-8-22(19-24(23)31)29(20-35(17-18-38-29)26(36)21-5-1-2-6-21)12-16-34-14-10-28(11-15-34,27(32)37)25-7-3-4-13-33-25/h3-4,7-9,13,19,21H,1-2,5-6,10-12,14-18,20H2,(H2,32,37)/t29-/m0/s1. The Bertz CT molecular complexity index is 1150. The zero-order valence-corrected chi connectivity index (χ0v) is 23.2. The third-order valence-electron chi connectivity index (χ3n) is 8.82. The van der Waals surface area contributed by atoms with E-state index < -0.39 is 11.0 Å². The molecule has 0 spiro atoms. The van der Waals surface area contributed by atoms with E-state index in [0.29, 0.717) is 49.0 Å². The first kappa shape index (κ1) is 27.4. The molecule has 1 aromatic carbocycles. The summed E-state index contributed by atoms with van der Waals surface area (Å²) in [5.41, 5.74) is 6.17. The van der Waals surface area contributed by atoms with E-state index in [4.69, 9.17) is 33.7 Å². The number of primary amides is 1. The third kappa shape index (κ3) is 5.44. The lowest BCUT2D eigenvalue weighted by molar-refractivity contribution is -0.158. The normalized spacial score (nSPS) is 24.4. The lowest BCUT2D eigenvalue weighted by Crippen LogP contribution is -2.55. The van der Waals surface area contributed by atoms with E-state index in [1.165, 1.54) is 0 Å². The summed E-state index contributed by atoms with van der Waals surface area (Å²) in [6, 6.07) is 11.3. The van der Waals surface area contributed by atoms with E-state index in [2.05, 4.69) is 9.88 Å². The summed E-state index contributed by atoms with van der Waals surface area (Å²) < 4.78 is 6.52. The summed E-state index contributed by atoms with van der Waals surface area (Å²) in [6.45, 7) is 3.77. The van der Waals surface area contributed by atoms with Crippen molar-refractivity contribution in [2.45, 2.75) is 56.0 Å². The predicted molar refractivity (Wildman–Crippen MR) is 148 cm³/mol. The maximum absolute atomic E-state index is 13.4. The van der Waals surface area contributed by atoms with Gasteiger partial charge in [0.25, 0.3) is 0 Å². The van der Waals surface area contributed by atoms with Crippen LogP contribution in [0.15, 0.2) is 42.6 Å². The summed E-state index contributed by atoms with van der Waals surface area (Å²) >= 11 is 12.7. The molecule has 1 aromatic heterocycles. The zero-order chi connectivity index (χ0) is 26.8.